The van der Waals surface area contributed by atoms with E-state index in [0.29, 0.717) is 6.04 Å². The number of thioether (sulfide) groups is 2. The molecule has 5 nitrogen and oxygen atoms in total. The van der Waals surface area contributed by atoms with E-state index in [9.17, 15) is 0 Å². The molecule has 0 amide bonds. The van der Waals surface area contributed by atoms with Crippen LogP contribution < -0.4 is 10.6 Å². The Morgan fingerprint density at radius 2 is 2.15 bits per heavy atom. The Labute approximate surface area is 184 Å². The molecule has 1 aliphatic carbocycles. The molecule has 1 saturated carbocycles. The molecule has 3 atom stereocenters. The van der Waals surface area contributed by atoms with Crippen LogP contribution >= 0.6 is 47.5 Å². The van der Waals surface area contributed by atoms with Gasteiger partial charge in [-0.05, 0) is 44.6 Å². The summed E-state index contributed by atoms with van der Waals surface area (Å²) >= 11 is 4.09. The van der Waals surface area contributed by atoms with Crippen LogP contribution in [0.15, 0.2) is 4.99 Å². The highest BCUT2D eigenvalue weighted by atomic mass is 127. The Bertz CT molecular complexity index is 443. The molecule has 0 aromatic rings. The van der Waals surface area contributed by atoms with Crippen molar-refractivity contribution in [3.63, 3.8) is 0 Å². The predicted octanol–water partition coefficient (Wildman–Crippen LogP) is 2.65. The van der Waals surface area contributed by atoms with E-state index in [-0.39, 0.29) is 29.5 Å². The highest BCUT2D eigenvalue weighted by molar-refractivity contribution is 14.0. The third kappa shape index (κ3) is 6.06. The predicted molar refractivity (Wildman–Crippen MR) is 127 cm³/mol. The second-order valence-corrected chi connectivity index (χ2v) is 9.58. The van der Waals surface area contributed by atoms with Crippen LogP contribution in [-0.2, 0) is 4.74 Å². The monoisotopic (exact) mass is 514 g/mol. The normalized spacial score (nSPS) is 33.1. The van der Waals surface area contributed by atoms with Crippen LogP contribution in [0.3, 0.4) is 0 Å². The first-order valence-electron chi connectivity index (χ1n) is 9.74. The van der Waals surface area contributed by atoms with E-state index in [2.05, 4.69) is 40.5 Å². The highest BCUT2D eigenvalue weighted by Gasteiger charge is 2.40. The van der Waals surface area contributed by atoms with E-state index >= 15 is 0 Å². The van der Waals surface area contributed by atoms with Crippen molar-refractivity contribution in [3.05, 3.63) is 0 Å². The lowest BCUT2D eigenvalue weighted by molar-refractivity contribution is -0.0104. The van der Waals surface area contributed by atoms with E-state index in [1.165, 1.54) is 37.2 Å². The minimum Gasteiger partial charge on any atom is -0.379 e. The third-order valence-corrected chi connectivity index (χ3v) is 8.03. The molecular formula is C18H35IN4OS2. The van der Waals surface area contributed by atoms with Gasteiger partial charge in [0.2, 0.25) is 0 Å². The second-order valence-electron chi connectivity index (χ2n) is 7.33. The largest absolute Gasteiger partial charge is 0.379 e. The van der Waals surface area contributed by atoms with E-state index in [0.717, 1.165) is 50.6 Å². The Hall–Kier alpha value is 0.620. The van der Waals surface area contributed by atoms with Crippen LogP contribution in [0, 0.1) is 0 Å². The number of hydrogen-bond acceptors (Lipinski definition) is 5. The molecule has 26 heavy (non-hydrogen) atoms. The van der Waals surface area contributed by atoms with Gasteiger partial charge < -0.3 is 15.4 Å². The Balaban J connectivity index is 0.00000243. The molecule has 8 heteroatoms. The van der Waals surface area contributed by atoms with E-state index in [4.69, 9.17) is 9.73 Å². The first-order valence-corrected chi connectivity index (χ1v) is 12.2. The zero-order valence-corrected chi connectivity index (χ0v) is 20.1. The number of ether oxygens (including phenoxy) is 1. The molecule has 3 unspecified atom stereocenters. The van der Waals surface area contributed by atoms with Crippen molar-refractivity contribution in [2.45, 2.75) is 49.4 Å². The van der Waals surface area contributed by atoms with E-state index in [1.54, 1.807) is 0 Å². The molecule has 0 bridgehead atoms. The van der Waals surface area contributed by atoms with E-state index < -0.39 is 0 Å². The van der Waals surface area contributed by atoms with Gasteiger partial charge in [-0.1, -0.05) is 0 Å². The molecule has 0 aromatic heterocycles. The van der Waals surface area contributed by atoms with Gasteiger partial charge in [0.15, 0.2) is 5.96 Å². The Morgan fingerprint density at radius 1 is 1.35 bits per heavy atom. The van der Waals surface area contributed by atoms with Crippen molar-refractivity contribution in [1.29, 1.82) is 0 Å². The van der Waals surface area contributed by atoms with Crippen LogP contribution in [0.5, 0.6) is 0 Å². The van der Waals surface area contributed by atoms with Crippen LogP contribution in [0.25, 0.3) is 0 Å². The summed E-state index contributed by atoms with van der Waals surface area (Å²) < 4.78 is 5.57. The summed E-state index contributed by atoms with van der Waals surface area (Å²) in [6, 6.07) is 0.576. The van der Waals surface area contributed by atoms with Crippen LogP contribution in [0.2, 0.25) is 0 Å². The summed E-state index contributed by atoms with van der Waals surface area (Å²) in [5, 5.41) is 7.98. The molecule has 0 aromatic carbocycles. The van der Waals surface area contributed by atoms with Gasteiger partial charge in [0.25, 0.3) is 0 Å². The number of rotatable bonds is 6. The fourth-order valence-corrected chi connectivity index (χ4v) is 6.40. The smallest absolute Gasteiger partial charge is 0.191 e. The quantitative estimate of drug-likeness (QED) is 0.323. The third-order valence-electron chi connectivity index (χ3n) is 5.70. The topological polar surface area (TPSA) is 48.9 Å². The molecule has 2 aliphatic heterocycles. The lowest BCUT2D eigenvalue weighted by atomic mass is 9.96. The Morgan fingerprint density at radius 3 is 2.77 bits per heavy atom. The maximum Gasteiger partial charge on any atom is 0.191 e. The van der Waals surface area contributed by atoms with Gasteiger partial charge in [-0.25, -0.2) is 0 Å². The number of morpholine rings is 1. The molecule has 2 saturated heterocycles. The molecule has 3 rings (SSSR count). The molecule has 3 aliphatic rings. The van der Waals surface area contributed by atoms with Crippen molar-refractivity contribution >= 4 is 53.5 Å². The fraction of sp³-hybridized carbons (Fsp3) is 0.944. The van der Waals surface area contributed by atoms with Crippen LogP contribution in [0.4, 0.5) is 0 Å². The van der Waals surface area contributed by atoms with Crippen LogP contribution in [0.1, 0.15) is 32.6 Å². The number of nitrogens with zero attached hydrogens (tertiary/aromatic N) is 2. The van der Waals surface area contributed by atoms with Crippen molar-refractivity contribution < 1.29 is 4.74 Å². The lowest BCUT2D eigenvalue weighted by Crippen LogP contribution is -2.56. The fourth-order valence-electron chi connectivity index (χ4n) is 4.13. The number of halogens is 1. The van der Waals surface area contributed by atoms with Crippen molar-refractivity contribution in [1.82, 2.24) is 15.5 Å². The van der Waals surface area contributed by atoms with Gasteiger partial charge in [-0.2, -0.15) is 23.5 Å². The molecule has 0 spiro atoms. The first-order chi connectivity index (χ1) is 12.3. The molecule has 0 radical (unpaired) electrons. The zero-order valence-electron chi connectivity index (χ0n) is 16.2. The standard InChI is InChI=1S/C18H34N4OS2.HI/c1-3-19-17(21-15-4-5-16(12-15)24-2)20-13-18(6-11-25-14-18)22-7-9-23-10-8-22;/h15-16H,3-14H2,1-2H3,(H2,19,20,21);1H. The van der Waals surface area contributed by atoms with Gasteiger partial charge in [0.1, 0.15) is 0 Å². The highest BCUT2D eigenvalue weighted by Crippen LogP contribution is 2.34. The summed E-state index contributed by atoms with van der Waals surface area (Å²) in [6.45, 7) is 7.81. The first kappa shape index (κ1) is 22.9. The maximum absolute atomic E-state index is 5.57. The molecule has 2 N–H and O–H groups in total. The maximum atomic E-state index is 5.57. The minimum absolute atomic E-state index is 0. The lowest BCUT2D eigenvalue weighted by Gasteiger charge is -2.42. The summed E-state index contributed by atoms with van der Waals surface area (Å²) in [4.78, 5) is 7.69. The van der Waals surface area contributed by atoms with Gasteiger partial charge in [-0.3, -0.25) is 9.89 Å². The minimum atomic E-state index is 0. The number of aliphatic imine (C=N–C) groups is 1. The number of hydrogen-bond donors (Lipinski definition) is 2. The van der Waals surface area contributed by atoms with Gasteiger partial charge in [0.05, 0.1) is 25.3 Å². The summed E-state index contributed by atoms with van der Waals surface area (Å²) in [5.74, 6) is 3.47. The van der Waals surface area contributed by atoms with E-state index in [1.807, 2.05) is 11.8 Å². The van der Waals surface area contributed by atoms with Crippen molar-refractivity contribution in [3.8, 4) is 0 Å². The molecule has 152 valence electrons. The average Bonchev–Trinajstić information content (AvgIpc) is 3.31. The van der Waals surface area contributed by atoms with Crippen molar-refractivity contribution in [2.24, 2.45) is 4.99 Å². The number of nitrogens with one attached hydrogen (secondary N) is 2. The van der Waals surface area contributed by atoms with Crippen molar-refractivity contribution in [2.75, 3.05) is 57.2 Å². The summed E-state index contributed by atoms with van der Waals surface area (Å²) in [6.07, 6.45) is 7.33. The number of guanidine groups is 1. The molecular weight excluding hydrogens is 479 g/mol. The summed E-state index contributed by atoms with van der Waals surface area (Å²) in [7, 11) is 0. The Kier molecular flexibility index (Phi) is 10.2. The van der Waals surface area contributed by atoms with Crippen LogP contribution in [-0.4, -0.2) is 84.8 Å². The molecule has 2 heterocycles. The zero-order chi connectivity index (χ0) is 17.5. The SMILES string of the molecule is CCNC(=NCC1(N2CCOCC2)CCSC1)NC1CCC(SC)C1.I. The van der Waals surface area contributed by atoms with Gasteiger partial charge in [-0.15, -0.1) is 24.0 Å². The average molecular weight is 515 g/mol. The van der Waals surface area contributed by atoms with Gasteiger partial charge in [0, 0.05) is 36.7 Å². The molecule has 3 fully saturated rings. The second kappa shape index (κ2) is 11.6. The van der Waals surface area contributed by atoms with Gasteiger partial charge >= 0.3 is 0 Å². The summed E-state index contributed by atoms with van der Waals surface area (Å²) in [5.41, 5.74) is 0.230.